The first kappa shape index (κ1) is 29.5. The summed E-state index contributed by atoms with van der Waals surface area (Å²) in [5, 5.41) is 12.1. The van der Waals surface area contributed by atoms with Gasteiger partial charge < -0.3 is 21.3 Å². The van der Waals surface area contributed by atoms with Gasteiger partial charge in [-0.05, 0) is 77.7 Å². The van der Waals surface area contributed by atoms with Gasteiger partial charge in [0.05, 0.1) is 0 Å². The van der Waals surface area contributed by atoms with Crippen LogP contribution in [0, 0.1) is 11.8 Å². The molecule has 0 aliphatic carbocycles. The number of urea groups is 1. The summed E-state index contributed by atoms with van der Waals surface area (Å²) in [6, 6.07) is 20.4. The van der Waals surface area contributed by atoms with E-state index in [4.69, 9.17) is 0 Å². The van der Waals surface area contributed by atoms with Gasteiger partial charge in [0.2, 0.25) is 0 Å². The molecule has 0 atom stereocenters. The predicted octanol–water partition coefficient (Wildman–Crippen LogP) is 3.54. The number of pyridine rings is 2. The molecule has 0 radical (unpaired) electrons. The van der Waals surface area contributed by atoms with E-state index in [9.17, 15) is 9.59 Å². The summed E-state index contributed by atoms with van der Waals surface area (Å²) in [6.45, 7) is 5.94. The third kappa shape index (κ3) is 8.97. The Bertz CT molecular complexity index is 1560. The number of amides is 3. The molecule has 0 saturated carbocycles. The van der Waals surface area contributed by atoms with Gasteiger partial charge in [-0.2, -0.15) is 0 Å². The Balaban J connectivity index is 1.23. The van der Waals surface area contributed by atoms with Crippen molar-refractivity contribution in [1.82, 2.24) is 30.8 Å². The highest BCUT2D eigenvalue weighted by Gasteiger charge is 2.11. The molecule has 5 rings (SSSR count). The standard InChI is InChI=1S/C34H35N7O2/c42-33(38-20-23-41-21-18-36-19-22-41)29-6-3-26(4-7-29)5-8-30-24-31(9-10-32(30)28-12-15-35-16-13-28)40-34(43)39-17-11-27-2-1-14-37-25-27/h1-4,6-7,9-10,12-16,24-25,36H,11,17-23H2,(H,38,42)(H2,39,40,43). The van der Waals surface area contributed by atoms with Gasteiger partial charge in [0.1, 0.15) is 0 Å². The molecule has 0 unspecified atom stereocenters. The quantitative estimate of drug-likeness (QED) is 0.228. The summed E-state index contributed by atoms with van der Waals surface area (Å²) < 4.78 is 0. The Morgan fingerprint density at radius 2 is 1.67 bits per heavy atom. The topological polar surface area (TPSA) is 111 Å². The summed E-state index contributed by atoms with van der Waals surface area (Å²) >= 11 is 0. The Labute approximate surface area is 252 Å². The van der Waals surface area contributed by atoms with Gasteiger partial charge >= 0.3 is 6.03 Å². The van der Waals surface area contributed by atoms with Gasteiger partial charge in [0.25, 0.3) is 5.91 Å². The van der Waals surface area contributed by atoms with Gasteiger partial charge in [-0.1, -0.05) is 24.0 Å². The van der Waals surface area contributed by atoms with Crippen molar-refractivity contribution in [2.75, 3.05) is 51.1 Å². The zero-order chi connectivity index (χ0) is 29.7. The third-order valence-corrected chi connectivity index (χ3v) is 7.10. The van der Waals surface area contributed by atoms with Crippen molar-refractivity contribution >= 4 is 17.6 Å². The summed E-state index contributed by atoms with van der Waals surface area (Å²) in [5.74, 6) is 6.39. The first-order valence-electron chi connectivity index (χ1n) is 14.5. The average Bonchev–Trinajstić information content (AvgIpc) is 3.05. The fraction of sp³-hybridized carbons (Fsp3) is 0.235. The highest BCUT2D eigenvalue weighted by atomic mass is 16.2. The van der Waals surface area contributed by atoms with E-state index in [0.717, 1.165) is 60.5 Å². The molecule has 43 heavy (non-hydrogen) atoms. The predicted molar refractivity (Wildman–Crippen MR) is 169 cm³/mol. The van der Waals surface area contributed by atoms with Crippen LogP contribution in [-0.4, -0.2) is 72.6 Å². The Morgan fingerprint density at radius 1 is 0.860 bits per heavy atom. The van der Waals surface area contributed by atoms with Crippen LogP contribution in [-0.2, 0) is 6.42 Å². The van der Waals surface area contributed by atoms with E-state index < -0.39 is 0 Å². The maximum atomic E-state index is 12.6. The molecule has 3 amide bonds. The van der Waals surface area contributed by atoms with E-state index in [2.05, 4.69) is 48.0 Å². The monoisotopic (exact) mass is 573 g/mol. The molecule has 1 saturated heterocycles. The molecule has 2 aromatic heterocycles. The van der Waals surface area contributed by atoms with Crippen LogP contribution < -0.4 is 21.3 Å². The number of piperazine rings is 1. The molecule has 218 valence electrons. The lowest BCUT2D eigenvalue weighted by molar-refractivity contribution is 0.0947. The number of nitrogens with one attached hydrogen (secondary N) is 4. The molecule has 9 nitrogen and oxygen atoms in total. The number of benzene rings is 2. The van der Waals surface area contributed by atoms with Crippen LogP contribution >= 0.6 is 0 Å². The minimum absolute atomic E-state index is 0.0906. The highest BCUT2D eigenvalue weighted by molar-refractivity contribution is 5.94. The van der Waals surface area contributed by atoms with Crippen LogP contribution in [0.1, 0.15) is 27.0 Å². The molecule has 3 heterocycles. The van der Waals surface area contributed by atoms with Crippen LogP contribution in [0.15, 0.2) is 91.5 Å². The van der Waals surface area contributed by atoms with Gasteiger partial charge in [0.15, 0.2) is 0 Å². The molecule has 1 aliphatic heterocycles. The van der Waals surface area contributed by atoms with E-state index in [1.54, 1.807) is 36.9 Å². The van der Waals surface area contributed by atoms with E-state index >= 15 is 0 Å². The number of anilines is 1. The average molecular weight is 574 g/mol. The second-order valence-corrected chi connectivity index (χ2v) is 10.2. The molecule has 0 bridgehead atoms. The van der Waals surface area contributed by atoms with Gasteiger partial charge in [-0.3, -0.25) is 19.7 Å². The molecule has 2 aromatic carbocycles. The van der Waals surface area contributed by atoms with Crippen molar-refractivity contribution in [2.24, 2.45) is 0 Å². The third-order valence-electron chi connectivity index (χ3n) is 7.10. The summed E-state index contributed by atoms with van der Waals surface area (Å²) in [6.07, 6.45) is 7.68. The minimum atomic E-state index is -0.290. The van der Waals surface area contributed by atoms with Crippen LogP contribution in [0.3, 0.4) is 0 Å². The molecule has 9 heteroatoms. The number of aromatic nitrogens is 2. The number of hydrogen-bond donors (Lipinski definition) is 4. The number of hydrogen-bond acceptors (Lipinski definition) is 6. The molecule has 1 fully saturated rings. The number of rotatable bonds is 9. The van der Waals surface area contributed by atoms with Crippen LogP contribution in [0.4, 0.5) is 10.5 Å². The minimum Gasteiger partial charge on any atom is -0.351 e. The summed E-state index contributed by atoms with van der Waals surface area (Å²) in [5.41, 5.74) is 5.73. The normalized spacial score (nSPS) is 12.9. The number of carbonyl (C=O) groups is 2. The molecule has 0 spiro atoms. The van der Waals surface area contributed by atoms with Crippen molar-refractivity contribution in [1.29, 1.82) is 0 Å². The van der Waals surface area contributed by atoms with Crippen molar-refractivity contribution in [3.63, 3.8) is 0 Å². The maximum absolute atomic E-state index is 12.6. The Kier molecular flexibility index (Phi) is 10.5. The van der Waals surface area contributed by atoms with Crippen LogP contribution in [0.2, 0.25) is 0 Å². The van der Waals surface area contributed by atoms with Crippen molar-refractivity contribution in [2.45, 2.75) is 6.42 Å². The maximum Gasteiger partial charge on any atom is 0.319 e. The molecule has 4 aromatic rings. The summed E-state index contributed by atoms with van der Waals surface area (Å²) in [7, 11) is 0. The molecule has 4 N–H and O–H groups in total. The zero-order valence-electron chi connectivity index (χ0n) is 24.0. The largest absolute Gasteiger partial charge is 0.351 e. The van der Waals surface area contributed by atoms with E-state index in [1.165, 1.54) is 0 Å². The first-order chi connectivity index (χ1) is 21.1. The van der Waals surface area contributed by atoms with Crippen molar-refractivity contribution in [3.8, 4) is 23.0 Å². The lowest BCUT2D eigenvalue weighted by Gasteiger charge is -2.27. The smallest absolute Gasteiger partial charge is 0.319 e. The SMILES string of the molecule is O=C(NCCc1cccnc1)Nc1ccc(-c2ccncc2)c(C#Cc2ccc(C(=O)NCCN3CCNCC3)cc2)c1. The van der Waals surface area contributed by atoms with Crippen LogP contribution in [0.5, 0.6) is 0 Å². The highest BCUT2D eigenvalue weighted by Crippen LogP contribution is 2.26. The van der Waals surface area contributed by atoms with Gasteiger partial charge in [-0.15, -0.1) is 0 Å². The molecule has 1 aliphatic rings. The lowest BCUT2D eigenvalue weighted by Crippen LogP contribution is -2.46. The zero-order valence-corrected chi connectivity index (χ0v) is 24.0. The van der Waals surface area contributed by atoms with Gasteiger partial charge in [-0.25, -0.2) is 4.79 Å². The Morgan fingerprint density at radius 3 is 2.44 bits per heavy atom. The summed E-state index contributed by atoms with van der Waals surface area (Å²) in [4.78, 5) is 35.7. The van der Waals surface area contributed by atoms with Crippen molar-refractivity contribution in [3.05, 3.63) is 114 Å². The van der Waals surface area contributed by atoms with Gasteiger partial charge in [0, 0.05) is 93.0 Å². The lowest BCUT2D eigenvalue weighted by atomic mass is 9.99. The molecular weight excluding hydrogens is 538 g/mol. The van der Waals surface area contributed by atoms with Crippen LogP contribution in [0.25, 0.3) is 11.1 Å². The van der Waals surface area contributed by atoms with Crippen molar-refractivity contribution < 1.29 is 9.59 Å². The number of carbonyl (C=O) groups excluding carboxylic acids is 2. The van der Waals surface area contributed by atoms with E-state index in [1.807, 2.05) is 54.6 Å². The van der Waals surface area contributed by atoms with E-state index in [-0.39, 0.29) is 11.9 Å². The fourth-order valence-electron chi connectivity index (χ4n) is 4.76. The Hall–Kier alpha value is -5.04. The first-order valence-corrected chi connectivity index (χ1v) is 14.5. The fourth-order valence-corrected chi connectivity index (χ4v) is 4.76. The number of nitrogens with zero attached hydrogens (tertiary/aromatic N) is 3. The van der Waals surface area contributed by atoms with E-state index in [0.29, 0.717) is 30.8 Å². The molecular formula is C34H35N7O2. The second kappa shape index (κ2) is 15.3. The second-order valence-electron chi connectivity index (χ2n) is 10.2.